The second-order valence-corrected chi connectivity index (χ2v) is 9.23. The van der Waals surface area contributed by atoms with E-state index in [1.165, 1.54) is 16.7 Å². The molecule has 1 atom stereocenters. The molecule has 4 heterocycles. The van der Waals surface area contributed by atoms with E-state index in [4.69, 9.17) is 4.74 Å². The lowest BCUT2D eigenvalue weighted by molar-refractivity contribution is -0.180. The summed E-state index contributed by atoms with van der Waals surface area (Å²) < 4.78 is 8.76. The molecule has 3 aliphatic rings. The molecule has 6 nitrogen and oxygen atoms in total. The van der Waals surface area contributed by atoms with Crippen molar-refractivity contribution in [3.8, 4) is 0 Å². The first kappa shape index (κ1) is 19.8. The highest BCUT2D eigenvalue weighted by molar-refractivity contribution is 5.81. The van der Waals surface area contributed by atoms with Crippen molar-refractivity contribution in [3.63, 3.8) is 0 Å². The Bertz CT molecular complexity index is 923. The molecule has 0 aliphatic carbocycles. The minimum atomic E-state index is -0.443. The number of piperidine rings is 1. The average Bonchev–Trinajstić information content (AvgIpc) is 3.44. The number of aromatic nitrogens is 2. The molecule has 2 saturated heterocycles. The number of carbonyl (C=O) groups is 1. The number of aryl methyl sites for hydroxylation is 2. The molecule has 1 aromatic heterocycles. The van der Waals surface area contributed by atoms with Gasteiger partial charge in [-0.05, 0) is 56.2 Å². The van der Waals surface area contributed by atoms with Gasteiger partial charge < -0.3 is 14.2 Å². The van der Waals surface area contributed by atoms with E-state index in [1.807, 2.05) is 17.3 Å². The molecular formula is C24H32N4O2. The number of benzene rings is 1. The first-order valence-electron chi connectivity index (χ1n) is 11.3. The van der Waals surface area contributed by atoms with Crippen LogP contribution in [0.4, 0.5) is 0 Å². The highest BCUT2D eigenvalue weighted by Crippen LogP contribution is 2.40. The van der Waals surface area contributed by atoms with Crippen LogP contribution in [-0.2, 0) is 28.2 Å². The van der Waals surface area contributed by atoms with E-state index in [0.29, 0.717) is 6.54 Å². The number of nitrogens with zero attached hydrogens (tertiary/aromatic N) is 4. The van der Waals surface area contributed by atoms with Gasteiger partial charge in [0, 0.05) is 45.1 Å². The van der Waals surface area contributed by atoms with Crippen molar-refractivity contribution >= 4 is 5.91 Å². The average molecular weight is 409 g/mol. The molecule has 3 aliphatic heterocycles. The number of imidazole rings is 1. The van der Waals surface area contributed by atoms with Gasteiger partial charge >= 0.3 is 0 Å². The zero-order valence-electron chi connectivity index (χ0n) is 18.1. The summed E-state index contributed by atoms with van der Waals surface area (Å²) in [5.41, 5.74) is 3.61. The van der Waals surface area contributed by atoms with E-state index in [9.17, 15) is 4.79 Å². The van der Waals surface area contributed by atoms with Crippen molar-refractivity contribution in [2.24, 2.45) is 0 Å². The lowest BCUT2D eigenvalue weighted by Gasteiger charge is -2.46. The van der Waals surface area contributed by atoms with Crippen molar-refractivity contribution in [1.82, 2.24) is 19.4 Å². The zero-order valence-corrected chi connectivity index (χ0v) is 18.1. The Hall–Kier alpha value is -2.18. The molecule has 2 aromatic rings. The Morgan fingerprint density at radius 1 is 1.13 bits per heavy atom. The number of hydrogen-bond donors (Lipinski definition) is 0. The Balaban J connectivity index is 1.30. The van der Waals surface area contributed by atoms with Gasteiger partial charge in [0.15, 0.2) is 6.10 Å². The maximum atomic E-state index is 13.1. The summed E-state index contributed by atoms with van der Waals surface area (Å²) in [7, 11) is 0. The Labute approximate surface area is 178 Å². The summed E-state index contributed by atoms with van der Waals surface area (Å²) in [4.78, 5) is 22.2. The molecule has 0 bridgehead atoms. The Morgan fingerprint density at radius 3 is 2.63 bits per heavy atom. The van der Waals surface area contributed by atoms with Crippen LogP contribution in [0.5, 0.6) is 0 Å². The van der Waals surface area contributed by atoms with Crippen molar-refractivity contribution in [3.05, 3.63) is 53.1 Å². The molecule has 160 valence electrons. The smallest absolute Gasteiger partial charge is 0.253 e. The summed E-state index contributed by atoms with van der Waals surface area (Å²) in [5.74, 6) is 1.16. The number of amides is 1. The van der Waals surface area contributed by atoms with Crippen LogP contribution in [0.1, 0.15) is 48.2 Å². The fourth-order valence-electron chi connectivity index (χ4n) is 5.24. The van der Waals surface area contributed by atoms with Crippen molar-refractivity contribution < 1.29 is 9.53 Å². The second-order valence-electron chi connectivity index (χ2n) is 9.23. The Kier molecular flexibility index (Phi) is 5.15. The van der Waals surface area contributed by atoms with E-state index in [-0.39, 0.29) is 5.91 Å². The molecule has 1 aromatic carbocycles. The van der Waals surface area contributed by atoms with Crippen LogP contribution in [0.3, 0.4) is 0 Å². The molecule has 0 unspecified atom stereocenters. The predicted molar refractivity (Wildman–Crippen MR) is 115 cm³/mol. The van der Waals surface area contributed by atoms with Gasteiger partial charge in [0.25, 0.3) is 5.91 Å². The Morgan fingerprint density at radius 2 is 1.90 bits per heavy atom. The fourth-order valence-corrected chi connectivity index (χ4v) is 5.24. The lowest BCUT2D eigenvalue weighted by atomic mass is 9.88. The number of fused-ring (bicyclic) bond motifs is 2. The van der Waals surface area contributed by atoms with Crippen LogP contribution in [0.25, 0.3) is 0 Å². The highest BCUT2D eigenvalue weighted by atomic mass is 16.5. The molecule has 6 heteroatoms. The van der Waals surface area contributed by atoms with Crippen LogP contribution in [0.15, 0.2) is 30.6 Å². The quantitative estimate of drug-likeness (QED) is 0.783. The minimum Gasteiger partial charge on any atom is -0.352 e. The number of likely N-dealkylation sites (tertiary alicyclic amines) is 2. The highest BCUT2D eigenvalue weighted by Gasteiger charge is 2.47. The number of ether oxygens (including phenoxy) is 1. The van der Waals surface area contributed by atoms with Crippen molar-refractivity contribution in [1.29, 1.82) is 0 Å². The summed E-state index contributed by atoms with van der Waals surface area (Å²) in [6.45, 7) is 9.51. The third-order valence-electron chi connectivity index (χ3n) is 7.19. The van der Waals surface area contributed by atoms with Crippen LogP contribution in [0, 0.1) is 13.8 Å². The van der Waals surface area contributed by atoms with Gasteiger partial charge in [0.2, 0.25) is 0 Å². The normalized spacial score (nSPS) is 23.7. The van der Waals surface area contributed by atoms with E-state index < -0.39 is 11.7 Å². The largest absolute Gasteiger partial charge is 0.352 e. The summed E-state index contributed by atoms with van der Waals surface area (Å²) in [5, 5.41) is 0. The molecule has 1 amide bonds. The summed E-state index contributed by atoms with van der Waals surface area (Å²) >= 11 is 0. The van der Waals surface area contributed by atoms with Gasteiger partial charge in [-0.25, -0.2) is 4.98 Å². The molecular weight excluding hydrogens is 376 g/mol. The number of carbonyl (C=O) groups excluding carboxylic acids is 1. The molecule has 5 rings (SSSR count). The van der Waals surface area contributed by atoms with Gasteiger partial charge in [-0.3, -0.25) is 9.69 Å². The first-order valence-corrected chi connectivity index (χ1v) is 11.3. The van der Waals surface area contributed by atoms with Gasteiger partial charge in [0.1, 0.15) is 11.4 Å². The third-order valence-corrected chi connectivity index (χ3v) is 7.19. The lowest BCUT2D eigenvalue weighted by Crippen LogP contribution is -2.54. The standard InChI is InChI=1S/C24H32N4O2/c1-18-5-6-20(15-19(18)2)16-26-12-7-24(8-13-26)23-25-9-14-28(23)17-21(30-24)22(29)27-10-3-4-11-27/h5-6,9,14-15,21H,3-4,7-8,10-13,16-17H2,1-2H3/t21-/m1/s1. The summed E-state index contributed by atoms with van der Waals surface area (Å²) in [6.07, 6.45) is 7.42. The van der Waals surface area contributed by atoms with E-state index in [2.05, 4.69) is 46.5 Å². The van der Waals surface area contributed by atoms with E-state index >= 15 is 0 Å². The fraction of sp³-hybridized carbons (Fsp3) is 0.583. The third kappa shape index (κ3) is 3.56. The second kappa shape index (κ2) is 7.82. The maximum absolute atomic E-state index is 13.1. The van der Waals surface area contributed by atoms with Crippen molar-refractivity contribution in [2.75, 3.05) is 26.2 Å². The summed E-state index contributed by atoms with van der Waals surface area (Å²) in [6, 6.07) is 6.75. The molecule has 30 heavy (non-hydrogen) atoms. The van der Waals surface area contributed by atoms with Crippen molar-refractivity contribution in [2.45, 2.75) is 64.3 Å². The molecule has 0 saturated carbocycles. The van der Waals surface area contributed by atoms with Crippen LogP contribution < -0.4 is 0 Å². The molecule has 2 fully saturated rings. The van der Waals surface area contributed by atoms with Gasteiger partial charge in [-0.15, -0.1) is 0 Å². The van der Waals surface area contributed by atoms with E-state index in [1.54, 1.807) is 0 Å². The van der Waals surface area contributed by atoms with Crippen LogP contribution in [-0.4, -0.2) is 57.5 Å². The van der Waals surface area contributed by atoms with Crippen LogP contribution in [0.2, 0.25) is 0 Å². The topological polar surface area (TPSA) is 50.6 Å². The van der Waals surface area contributed by atoms with E-state index in [0.717, 1.165) is 64.2 Å². The van der Waals surface area contributed by atoms with Gasteiger partial charge in [-0.1, -0.05) is 18.2 Å². The van der Waals surface area contributed by atoms with Gasteiger partial charge in [0.05, 0.1) is 6.54 Å². The maximum Gasteiger partial charge on any atom is 0.253 e. The molecule has 1 spiro atoms. The minimum absolute atomic E-state index is 0.156. The zero-order chi connectivity index (χ0) is 20.7. The SMILES string of the molecule is Cc1ccc(CN2CCC3(CC2)O[C@@H](C(=O)N2CCCC2)Cn2ccnc23)cc1C. The molecule has 0 radical (unpaired) electrons. The molecule has 0 N–H and O–H groups in total. The first-order chi connectivity index (χ1) is 14.5. The predicted octanol–water partition coefficient (Wildman–Crippen LogP) is 3.01. The number of rotatable bonds is 3. The monoisotopic (exact) mass is 408 g/mol. The van der Waals surface area contributed by atoms with Crippen LogP contribution >= 0.6 is 0 Å². The van der Waals surface area contributed by atoms with Gasteiger partial charge in [-0.2, -0.15) is 0 Å². The number of hydrogen-bond acceptors (Lipinski definition) is 4.